The zero-order valence-corrected chi connectivity index (χ0v) is 14.3. The highest BCUT2D eigenvalue weighted by molar-refractivity contribution is 5.34. The van der Waals surface area contributed by atoms with Crippen LogP contribution in [0.2, 0.25) is 0 Å². The Hall–Kier alpha value is -1.67. The van der Waals surface area contributed by atoms with Gasteiger partial charge in [-0.05, 0) is 49.1 Å². The van der Waals surface area contributed by atoms with E-state index in [1.165, 1.54) is 28.8 Å². The third kappa shape index (κ3) is 3.75. The van der Waals surface area contributed by atoms with Gasteiger partial charge in [0.1, 0.15) is 0 Å². The number of benzene rings is 1. The summed E-state index contributed by atoms with van der Waals surface area (Å²) < 4.78 is 0. The minimum absolute atomic E-state index is 0.393. The summed E-state index contributed by atoms with van der Waals surface area (Å²) in [6, 6.07) is 13.1. The van der Waals surface area contributed by atoms with Crippen molar-refractivity contribution in [2.24, 2.45) is 0 Å². The standard InChI is InChI=1S/C20H28N2/c1-5-9-17-11-6-7-12-18(17)16(3)19(14-21-4)20-15(2)10-8-13-22-20/h6-8,10-13,16,19,21H,5,9,14H2,1-4H3/t16-,19+/m0/s1. The first-order valence-corrected chi connectivity index (χ1v) is 8.32. The molecule has 2 rings (SSSR count). The van der Waals surface area contributed by atoms with Gasteiger partial charge in [-0.25, -0.2) is 0 Å². The Morgan fingerprint density at radius 1 is 1.14 bits per heavy atom. The molecule has 0 aliphatic heterocycles. The van der Waals surface area contributed by atoms with Gasteiger partial charge in [-0.15, -0.1) is 0 Å². The Labute approximate surface area is 135 Å². The van der Waals surface area contributed by atoms with Gasteiger partial charge < -0.3 is 5.32 Å². The normalized spacial score (nSPS) is 13.8. The molecule has 1 aromatic heterocycles. The van der Waals surface area contributed by atoms with Gasteiger partial charge in [-0.1, -0.05) is 50.6 Å². The number of hydrogen-bond acceptors (Lipinski definition) is 2. The van der Waals surface area contributed by atoms with E-state index in [9.17, 15) is 0 Å². The lowest BCUT2D eigenvalue weighted by Crippen LogP contribution is -2.24. The fourth-order valence-electron chi connectivity index (χ4n) is 3.31. The average Bonchev–Trinajstić information content (AvgIpc) is 2.54. The molecule has 0 saturated heterocycles. The zero-order valence-electron chi connectivity index (χ0n) is 14.3. The van der Waals surface area contributed by atoms with Crippen LogP contribution in [0, 0.1) is 6.92 Å². The van der Waals surface area contributed by atoms with Crippen LogP contribution in [0.1, 0.15) is 54.5 Å². The average molecular weight is 296 g/mol. The molecule has 0 saturated carbocycles. The van der Waals surface area contributed by atoms with E-state index < -0.39 is 0 Å². The SMILES string of the molecule is CCCc1ccccc1[C@H](C)[C@@H](CNC)c1ncccc1C. The van der Waals surface area contributed by atoms with Gasteiger partial charge in [0.2, 0.25) is 0 Å². The number of aromatic nitrogens is 1. The largest absolute Gasteiger partial charge is 0.319 e. The van der Waals surface area contributed by atoms with E-state index >= 15 is 0 Å². The molecule has 1 heterocycles. The molecule has 2 nitrogen and oxygen atoms in total. The summed E-state index contributed by atoms with van der Waals surface area (Å²) in [7, 11) is 2.02. The van der Waals surface area contributed by atoms with Gasteiger partial charge in [0, 0.05) is 24.4 Å². The Kier molecular flexibility index (Phi) is 6.14. The van der Waals surface area contributed by atoms with Crippen LogP contribution in [0.25, 0.3) is 0 Å². The fraction of sp³-hybridized carbons (Fsp3) is 0.450. The second-order valence-corrected chi connectivity index (χ2v) is 6.11. The van der Waals surface area contributed by atoms with Gasteiger partial charge in [-0.3, -0.25) is 4.98 Å². The number of nitrogens with zero attached hydrogens (tertiary/aromatic N) is 1. The Morgan fingerprint density at radius 2 is 1.91 bits per heavy atom. The molecule has 0 aliphatic rings. The van der Waals surface area contributed by atoms with Crippen LogP contribution in [-0.4, -0.2) is 18.6 Å². The molecule has 2 heteroatoms. The van der Waals surface area contributed by atoms with Crippen LogP contribution in [0.15, 0.2) is 42.6 Å². The number of nitrogens with one attached hydrogen (secondary N) is 1. The lowest BCUT2D eigenvalue weighted by atomic mass is 9.81. The van der Waals surface area contributed by atoms with Crippen LogP contribution < -0.4 is 5.32 Å². The van der Waals surface area contributed by atoms with Crippen molar-refractivity contribution in [3.05, 3.63) is 65.0 Å². The number of hydrogen-bond donors (Lipinski definition) is 1. The third-order valence-corrected chi connectivity index (χ3v) is 4.49. The number of aryl methyl sites for hydroxylation is 2. The first-order valence-electron chi connectivity index (χ1n) is 8.32. The van der Waals surface area contributed by atoms with Crippen LogP contribution in [-0.2, 0) is 6.42 Å². The minimum atomic E-state index is 0.393. The predicted octanol–water partition coefficient (Wildman–Crippen LogP) is 4.45. The van der Waals surface area contributed by atoms with Gasteiger partial charge in [0.15, 0.2) is 0 Å². The molecule has 1 N–H and O–H groups in total. The Morgan fingerprint density at radius 3 is 2.59 bits per heavy atom. The second-order valence-electron chi connectivity index (χ2n) is 6.11. The molecule has 118 valence electrons. The fourth-order valence-corrected chi connectivity index (χ4v) is 3.31. The molecule has 0 bridgehead atoms. The summed E-state index contributed by atoms with van der Waals surface area (Å²) in [5.74, 6) is 0.841. The third-order valence-electron chi connectivity index (χ3n) is 4.49. The minimum Gasteiger partial charge on any atom is -0.319 e. The lowest BCUT2D eigenvalue weighted by molar-refractivity contribution is 0.526. The van der Waals surface area contributed by atoms with E-state index in [0.29, 0.717) is 11.8 Å². The maximum absolute atomic E-state index is 4.68. The topological polar surface area (TPSA) is 24.9 Å². The highest BCUT2D eigenvalue weighted by atomic mass is 14.8. The number of pyridine rings is 1. The summed E-state index contributed by atoms with van der Waals surface area (Å²) in [5, 5.41) is 3.36. The lowest BCUT2D eigenvalue weighted by Gasteiger charge is -2.27. The van der Waals surface area contributed by atoms with Crippen molar-refractivity contribution in [1.29, 1.82) is 0 Å². The smallest absolute Gasteiger partial charge is 0.0482 e. The van der Waals surface area contributed by atoms with E-state index in [4.69, 9.17) is 0 Å². The van der Waals surface area contributed by atoms with E-state index in [1.54, 1.807) is 0 Å². The highest BCUT2D eigenvalue weighted by Crippen LogP contribution is 2.34. The summed E-state index contributed by atoms with van der Waals surface area (Å²) in [6.07, 6.45) is 4.24. The Bertz CT molecular complexity index is 592. The zero-order chi connectivity index (χ0) is 15.9. The van der Waals surface area contributed by atoms with Crippen molar-refractivity contribution in [1.82, 2.24) is 10.3 Å². The van der Waals surface area contributed by atoms with Gasteiger partial charge in [-0.2, -0.15) is 0 Å². The molecule has 0 unspecified atom stereocenters. The van der Waals surface area contributed by atoms with Crippen LogP contribution in [0.4, 0.5) is 0 Å². The van der Waals surface area contributed by atoms with Crippen molar-refractivity contribution in [3.63, 3.8) is 0 Å². The summed E-state index contributed by atoms with van der Waals surface area (Å²) >= 11 is 0. The van der Waals surface area contributed by atoms with Crippen LogP contribution in [0.3, 0.4) is 0 Å². The van der Waals surface area contributed by atoms with Gasteiger partial charge in [0.05, 0.1) is 0 Å². The van der Waals surface area contributed by atoms with Crippen molar-refractivity contribution < 1.29 is 0 Å². The van der Waals surface area contributed by atoms with E-state index in [1.807, 2.05) is 19.3 Å². The van der Waals surface area contributed by atoms with E-state index in [-0.39, 0.29) is 0 Å². The first-order chi connectivity index (χ1) is 10.7. The maximum Gasteiger partial charge on any atom is 0.0482 e. The molecule has 0 amide bonds. The Balaban J connectivity index is 2.39. The monoisotopic (exact) mass is 296 g/mol. The molecule has 0 aliphatic carbocycles. The van der Waals surface area contributed by atoms with Crippen molar-refractivity contribution in [2.75, 3.05) is 13.6 Å². The molecular weight excluding hydrogens is 268 g/mol. The van der Waals surface area contributed by atoms with Gasteiger partial charge >= 0.3 is 0 Å². The molecule has 2 atom stereocenters. The van der Waals surface area contributed by atoms with Crippen LogP contribution in [0.5, 0.6) is 0 Å². The molecule has 2 aromatic rings. The number of rotatable bonds is 7. The molecule has 0 fully saturated rings. The summed E-state index contributed by atoms with van der Waals surface area (Å²) in [4.78, 5) is 4.68. The van der Waals surface area contributed by atoms with Crippen molar-refractivity contribution in [2.45, 2.75) is 45.4 Å². The van der Waals surface area contributed by atoms with E-state index in [0.717, 1.165) is 13.0 Å². The molecular formula is C20H28N2. The van der Waals surface area contributed by atoms with E-state index in [2.05, 4.69) is 61.4 Å². The predicted molar refractivity (Wildman–Crippen MR) is 94.5 cm³/mol. The first kappa shape index (κ1) is 16.7. The maximum atomic E-state index is 4.68. The molecule has 1 aromatic carbocycles. The van der Waals surface area contributed by atoms with Crippen LogP contribution >= 0.6 is 0 Å². The summed E-state index contributed by atoms with van der Waals surface area (Å²) in [5.41, 5.74) is 5.44. The molecule has 0 spiro atoms. The number of likely N-dealkylation sites (N-methyl/N-ethyl adjacent to an activating group) is 1. The van der Waals surface area contributed by atoms with Gasteiger partial charge in [0.25, 0.3) is 0 Å². The van der Waals surface area contributed by atoms with Crippen molar-refractivity contribution >= 4 is 0 Å². The summed E-state index contributed by atoms with van der Waals surface area (Å²) in [6.45, 7) is 7.69. The van der Waals surface area contributed by atoms with Crippen molar-refractivity contribution in [3.8, 4) is 0 Å². The molecule has 22 heavy (non-hydrogen) atoms. The quantitative estimate of drug-likeness (QED) is 0.816. The molecule has 0 radical (unpaired) electrons. The second kappa shape index (κ2) is 8.09. The highest BCUT2D eigenvalue weighted by Gasteiger charge is 2.24.